The van der Waals surface area contributed by atoms with Crippen molar-refractivity contribution in [2.24, 2.45) is 5.92 Å². The zero-order valence-corrected chi connectivity index (χ0v) is 18.1. The molecule has 2 aromatic carbocycles. The fourth-order valence-corrected chi connectivity index (χ4v) is 4.80. The maximum absolute atomic E-state index is 11.8. The highest BCUT2D eigenvalue weighted by atomic mass is 16.3. The standard InChI is InChI=1S/C26H37NO/c1-5-6-7-8-17-26(28)18-24(22-13-9-19(2)10-14-22)27-25(21(26)4)23-15-11-20(3)12-16-23/h9-16,21,24-25,27-28H,5-8,17-18H2,1-4H3/p+1. The molecule has 4 unspecified atom stereocenters. The van der Waals surface area contributed by atoms with Crippen LogP contribution >= 0.6 is 0 Å². The van der Waals surface area contributed by atoms with Crippen molar-refractivity contribution in [2.45, 2.75) is 83.9 Å². The molecule has 1 aliphatic rings. The summed E-state index contributed by atoms with van der Waals surface area (Å²) in [5.74, 6) is 0.235. The van der Waals surface area contributed by atoms with E-state index in [2.05, 4.69) is 81.5 Å². The molecule has 0 radical (unpaired) electrons. The second-order valence-corrected chi connectivity index (χ2v) is 9.05. The average molecular weight is 381 g/mol. The molecular formula is C26H38NO+. The zero-order chi connectivity index (χ0) is 20.1. The Balaban J connectivity index is 1.87. The average Bonchev–Trinajstić information content (AvgIpc) is 2.69. The van der Waals surface area contributed by atoms with Gasteiger partial charge in [-0.3, -0.25) is 0 Å². The van der Waals surface area contributed by atoms with E-state index >= 15 is 0 Å². The third-order valence-electron chi connectivity index (χ3n) is 6.83. The molecule has 0 aromatic heterocycles. The van der Waals surface area contributed by atoms with E-state index in [1.165, 1.54) is 41.5 Å². The van der Waals surface area contributed by atoms with Gasteiger partial charge in [-0.15, -0.1) is 0 Å². The molecule has 28 heavy (non-hydrogen) atoms. The van der Waals surface area contributed by atoms with Gasteiger partial charge in [0.05, 0.1) is 5.60 Å². The minimum Gasteiger partial charge on any atom is -0.389 e. The van der Waals surface area contributed by atoms with Gasteiger partial charge in [-0.1, -0.05) is 99.2 Å². The van der Waals surface area contributed by atoms with Gasteiger partial charge in [0.1, 0.15) is 12.1 Å². The van der Waals surface area contributed by atoms with Gasteiger partial charge in [-0.05, 0) is 20.3 Å². The molecule has 0 spiro atoms. The lowest BCUT2D eigenvalue weighted by Gasteiger charge is -2.45. The first-order valence-corrected chi connectivity index (χ1v) is 11.1. The number of unbranched alkanes of at least 4 members (excludes halogenated alkanes) is 3. The lowest BCUT2D eigenvalue weighted by atomic mass is 9.70. The Hall–Kier alpha value is -1.64. The first-order valence-electron chi connectivity index (χ1n) is 11.1. The third kappa shape index (κ3) is 4.85. The molecule has 1 saturated heterocycles. The van der Waals surface area contributed by atoms with Crippen LogP contribution in [-0.4, -0.2) is 10.7 Å². The molecule has 0 amide bonds. The number of hydrogen-bond donors (Lipinski definition) is 2. The lowest BCUT2D eigenvalue weighted by molar-refractivity contribution is -0.756. The van der Waals surface area contributed by atoms with Crippen molar-refractivity contribution in [1.29, 1.82) is 0 Å². The van der Waals surface area contributed by atoms with Crippen LogP contribution in [0.3, 0.4) is 0 Å². The Morgan fingerprint density at radius 3 is 2.04 bits per heavy atom. The van der Waals surface area contributed by atoms with Gasteiger partial charge in [0, 0.05) is 23.5 Å². The Bertz CT molecular complexity index is 736. The van der Waals surface area contributed by atoms with Crippen LogP contribution in [0.5, 0.6) is 0 Å². The van der Waals surface area contributed by atoms with Crippen LogP contribution in [0, 0.1) is 19.8 Å². The van der Waals surface area contributed by atoms with Crippen LogP contribution in [0.4, 0.5) is 0 Å². The fraction of sp³-hybridized carbons (Fsp3) is 0.538. The Morgan fingerprint density at radius 2 is 1.46 bits per heavy atom. The number of aliphatic hydroxyl groups is 1. The minimum atomic E-state index is -0.604. The smallest absolute Gasteiger partial charge is 0.117 e. The van der Waals surface area contributed by atoms with E-state index < -0.39 is 5.60 Å². The van der Waals surface area contributed by atoms with Gasteiger partial charge in [-0.2, -0.15) is 0 Å². The number of benzene rings is 2. The Morgan fingerprint density at radius 1 is 0.893 bits per heavy atom. The molecule has 1 aliphatic heterocycles. The summed E-state index contributed by atoms with van der Waals surface area (Å²) in [4.78, 5) is 0. The molecular weight excluding hydrogens is 342 g/mol. The molecule has 0 aliphatic carbocycles. The van der Waals surface area contributed by atoms with Gasteiger partial charge in [0.15, 0.2) is 0 Å². The normalized spacial score (nSPS) is 27.7. The van der Waals surface area contributed by atoms with Crippen LogP contribution in [0.2, 0.25) is 0 Å². The summed E-state index contributed by atoms with van der Waals surface area (Å²) in [7, 11) is 0. The predicted molar refractivity (Wildman–Crippen MR) is 117 cm³/mol. The van der Waals surface area contributed by atoms with Crippen LogP contribution in [0.15, 0.2) is 48.5 Å². The van der Waals surface area contributed by atoms with E-state index in [1.54, 1.807) is 0 Å². The summed E-state index contributed by atoms with van der Waals surface area (Å²) in [6.07, 6.45) is 6.59. The first kappa shape index (κ1) is 21.1. The number of piperidine rings is 1. The highest BCUT2D eigenvalue weighted by molar-refractivity contribution is 5.27. The van der Waals surface area contributed by atoms with Crippen LogP contribution in [0.1, 0.15) is 86.7 Å². The molecule has 0 saturated carbocycles. The van der Waals surface area contributed by atoms with E-state index in [4.69, 9.17) is 0 Å². The Kier molecular flexibility index (Phi) is 6.95. The molecule has 0 bridgehead atoms. The minimum absolute atomic E-state index is 0.235. The Labute approximate surface area is 171 Å². The second kappa shape index (κ2) is 9.24. The molecule has 1 fully saturated rings. The monoisotopic (exact) mass is 380 g/mol. The lowest BCUT2D eigenvalue weighted by Crippen LogP contribution is -2.91. The summed E-state index contributed by atoms with van der Waals surface area (Å²) in [5.41, 5.74) is 4.64. The van der Waals surface area contributed by atoms with Crippen molar-refractivity contribution in [3.8, 4) is 0 Å². The topological polar surface area (TPSA) is 36.8 Å². The molecule has 4 atom stereocenters. The summed E-state index contributed by atoms with van der Waals surface area (Å²) in [5, 5.41) is 14.3. The largest absolute Gasteiger partial charge is 0.389 e. The third-order valence-corrected chi connectivity index (χ3v) is 6.83. The molecule has 1 heterocycles. The summed E-state index contributed by atoms with van der Waals surface area (Å²) < 4.78 is 0. The fourth-order valence-electron chi connectivity index (χ4n) is 4.80. The van der Waals surface area contributed by atoms with E-state index in [-0.39, 0.29) is 12.0 Å². The quantitative estimate of drug-likeness (QED) is 0.621. The number of nitrogens with two attached hydrogens (primary N) is 1. The number of rotatable bonds is 7. The van der Waals surface area contributed by atoms with Gasteiger partial charge in [-0.25, -0.2) is 0 Å². The molecule has 2 nitrogen and oxygen atoms in total. The number of quaternary nitrogens is 1. The van der Waals surface area contributed by atoms with Crippen LogP contribution < -0.4 is 5.32 Å². The first-order chi connectivity index (χ1) is 13.4. The van der Waals surface area contributed by atoms with Crippen LogP contribution in [0.25, 0.3) is 0 Å². The SMILES string of the molecule is CCCCCCC1(O)CC(c2ccc(C)cc2)[NH2+]C(c2ccc(C)cc2)C1C. The maximum atomic E-state index is 11.8. The van der Waals surface area contributed by atoms with Crippen molar-refractivity contribution in [3.05, 3.63) is 70.8 Å². The van der Waals surface area contributed by atoms with Gasteiger partial charge in [0.25, 0.3) is 0 Å². The molecule has 3 rings (SSSR count). The van der Waals surface area contributed by atoms with Gasteiger partial charge < -0.3 is 10.4 Å². The predicted octanol–water partition coefficient (Wildman–Crippen LogP) is 5.39. The van der Waals surface area contributed by atoms with Crippen molar-refractivity contribution in [1.82, 2.24) is 0 Å². The number of hydrogen-bond acceptors (Lipinski definition) is 1. The van der Waals surface area contributed by atoms with Gasteiger partial charge in [0.2, 0.25) is 0 Å². The van der Waals surface area contributed by atoms with Crippen molar-refractivity contribution < 1.29 is 10.4 Å². The maximum Gasteiger partial charge on any atom is 0.117 e. The van der Waals surface area contributed by atoms with Crippen molar-refractivity contribution in [2.75, 3.05) is 0 Å². The highest BCUT2D eigenvalue weighted by Crippen LogP contribution is 2.41. The van der Waals surface area contributed by atoms with Gasteiger partial charge >= 0.3 is 0 Å². The van der Waals surface area contributed by atoms with E-state index in [0.29, 0.717) is 6.04 Å². The molecule has 2 heteroatoms. The molecule has 3 N–H and O–H groups in total. The number of aryl methyl sites for hydroxylation is 2. The van der Waals surface area contributed by atoms with E-state index in [9.17, 15) is 5.11 Å². The molecule has 152 valence electrons. The second-order valence-electron chi connectivity index (χ2n) is 9.05. The van der Waals surface area contributed by atoms with Crippen LogP contribution in [-0.2, 0) is 0 Å². The van der Waals surface area contributed by atoms with Crippen molar-refractivity contribution in [3.63, 3.8) is 0 Å². The van der Waals surface area contributed by atoms with E-state index in [0.717, 1.165) is 19.3 Å². The van der Waals surface area contributed by atoms with E-state index in [1.807, 2.05) is 0 Å². The summed E-state index contributed by atoms with van der Waals surface area (Å²) in [6.45, 7) is 8.77. The summed E-state index contributed by atoms with van der Waals surface area (Å²) >= 11 is 0. The zero-order valence-electron chi connectivity index (χ0n) is 18.1. The molecule has 2 aromatic rings. The highest BCUT2D eigenvalue weighted by Gasteiger charge is 2.48. The summed E-state index contributed by atoms with van der Waals surface area (Å²) in [6, 6.07) is 18.4. The van der Waals surface area contributed by atoms with Crippen molar-refractivity contribution >= 4 is 0 Å².